The van der Waals surface area contributed by atoms with Crippen molar-refractivity contribution < 1.29 is 4.74 Å². The second-order valence-corrected chi connectivity index (χ2v) is 6.39. The Labute approximate surface area is 124 Å². The molecule has 1 aliphatic heterocycles. The predicted molar refractivity (Wildman–Crippen MR) is 85.0 cm³/mol. The Morgan fingerprint density at radius 1 is 1.44 bits per heavy atom. The summed E-state index contributed by atoms with van der Waals surface area (Å²) in [6, 6.07) is 0. The van der Waals surface area contributed by atoms with Crippen LogP contribution in [0.2, 0.25) is 0 Å². The van der Waals surface area contributed by atoms with Gasteiger partial charge in [-0.1, -0.05) is 17.7 Å². The molecular weight excluding hydrogens is 337 g/mol. The summed E-state index contributed by atoms with van der Waals surface area (Å²) in [6.45, 7) is 6.60. The molecular formula is C15H22INO. The van der Waals surface area contributed by atoms with Crippen molar-refractivity contribution in [1.29, 1.82) is 0 Å². The molecule has 0 aromatic rings. The van der Waals surface area contributed by atoms with Gasteiger partial charge in [-0.15, -0.1) is 0 Å². The predicted octanol–water partition coefficient (Wildman–Crippen LogP) is 3.55. The summed E-state index contributed by atoms with van der Waals surface area (Å²) in [5.74, 6) is 0.716. The van der Waals surface area contributed by atoms with E-state index in [1.807, 2.05) is 0 Å². The lowest BCUT2D eigenvalue weighted by molar-refractivity contribution is 0.159. The van der Waals surface area contributed by atoms with Gasteiger partial charge in [-0.3, -0.25) is 0 Å². The smallest absolute Gasteiger partial charge is 0.0589 e. The van der Waals surface area contributed by atoms with E-state index in [1.165, 1.54) is 28.7 Å². The van der Waals surface area contributed by atoms with Gasteiger partial charge in [0.2, 0.25) is 0 Å². The minimum atomic E-state index is 0.716. The Hall–Kier alpha value is -0.130. The summed E-state index contributed by atoms with van der Waals surface area (Å²) >= 11 is 2.41. The minimum absolute atomic E-state index is 0.716. The average molecular weight is 359 g/mol. The van der Waals surface area contributed by atoms with E-state index in [-0.39, 0.29) is 0 Å². The second-order valence-electron chi connectivity index (χ2n) is 5.14. The number of allylic oxidation sites excluding steroid dienone is 5. The number of likely N-dealkylation sites (tertiary alicyclic amines) is 1. The molecule has 0 spiro atoms. The van der Waals surface area contributed by atoms with Gasteiger partial charge in [0, 0.05) is 23.8 Å². The van der Waals surface area contributed by atoms with Crippen LogP contribution in [0.15, 0.2) is 33.0 Å². The van der Waals surface area contributed by atoms with Crippen LogP contribution in [0.3, 0.4) is 0 Å². The molecule has 0 unspecified atom stereocenters. The fraction of sp³-hybridized carbons (Fsp3) is 0.600. The first kappa shape index (κ1) is 14.3. The fourth-order valence-corrected chi connectivity index (χ4v) is 3.14. The summed E-state index contributed by atoms with van der Waals surface area (Å²) < 4.78 is 6.52. The minimum Gasteiger partial charge on any atom is -0.383 e. The van der Waals surface area contributed by atoms with E-state index in [0.717, 1.165) is 19.6 Å². The van der Waals surface area contributed by atoms with Crippen molar-refractivity contribution in [3.05, 3.63) is 33.0 Å². The molecule has 0 saturated carbocycles. The highest BCUT2D eigenvalue weighted by Crippen LogP contribution is 2.31. The summed E-state index contributed by atoms with van der Waals surface area (Å²) in [7, 11) is 1.78. The summed E-state index contributed by atoms with van der Waals surface area (Å²) in [4.78, 5) is 2.52. The Morgan fingerprint density at radius 2 is 2.28 bits per heavy atom. The third-order valence-corrected chi connectivity index (χ3v) is 4.64. The lowest BCUT2D eigenvalue weighted by Gasteiger charge is -2.17. The molecule has 2 aliphatic rings. The highest BCUT2D eigenvalue weighted by atomic mass is 127. The van der Waals surface area contributed by atoms with Crippen LogP contribution in [0, 0.1) is 5.92 Å². The van der Waals surface area contributed by atoms with Crippen LogP contribution in [0.4, 0.5) is 0 Å². The van der Waals surface area contributed by atoms with Gasteiger partial charge in [0.1, 0.15) is 0 Å². The van der Waals surface area contributed by atoms with Gasteiger partial charge in [0.25, 0.3) is 0 Å². The normalized spacial score (nSPS) is 25.5. The van der Waals surface area contributed by atoms with Crippen LogP contribution in [0.5, 0.6) is 0 Å². The van der Waals surface area contributed by atoms with Crippen LogP contribution >= 0.6 is 22.6 Å². The van der Waals surface area contributed by atoms with Gasteiger partial charge < -0.3 is 9.64 Å². The Kier molecular flexibility index (Phi) is 5.45. The number of rotatable bonds is 4. The third kappa shape index (κ3) is 3.68. The first-order chi connectivity index (χ1) is 8.70. The lowest BCUT2D eigenvalue weighted by atomic mass is 9.93. The van der Waals surface area contributed by atoms with Gasteiger partial charge in [-0.2, -0.15) is 0 Å². The SMILES string of the molecule is COCCN1CC[C@H](C2=C(C)CC=C(I)C=C2)C1. The molecule has 0 N–H and O–H groups in total. The van der Waals surface area contributed by atoms with Crippen molar-refractivity contribution in [3.8, 4) is 0 Å². The van der Waals surface area contributed by atoms with Gasteiger partial charge in [0.15, 0.2) is 0 Å². The lowest BCUT2D eigenvalue weighted by Crippen LogP contribution is -2.25. The molecule has 100 valence electrons. The molecule has 1 aliphatic carbocycles. The number of ether oxygens (including phenoxy) is 1. The van der Waals surface area contributed by atoms with Crippen LogP contribution in [0.25, 0.3) is 0 Å². The number of hydrogen-bond donors (Lipinski definition) is 0. The van der Waals surface area contributed by atoms with Crippen molar-refractivity contribution in [2.24, 2.45) is 5.92 Å². The second kappa shape index (κ2) is 6.87. The van der Waals surface area contributed by atoms with E-state index < -0.39 is 0 Å². The first-order valence-corrected chi connectivity index (χ1v) is 7.73. The van der Waals surface area contributed by atoms with Crippen LogP contribution in [-0.4, -0.2) is 38.3 Å². The largest absolute Gasteiger partial charge is 0.383 e. The summed E-state index contributed by atoms with van der Waals surface area (Å²) in [6.07, 6.45) is 9.30. The molecule has 18 heavy (non-hydrogen) atoms. The van der Waals surface area contributed by atoms with Gasteiger partial charge in [-0.25, -0.2) is 0 Å². The maximum Gasteiger partial charge on any atom is 0.0589 e. The first-order valence-electron chi connectivity index (χ1n) is 6.65. The molecule has 2 rings (SSSR count). The Balaban J connectivity index is 1.98. The van der Waals surface area contributed by atoms with E-state index in [1.54, 1.807) is 12.7 Å². The van der Waals surface area contributed by atoms with Gasteiger partial charge >= 0.3 is 0 Å². The summed E-state index contributed by atoms with van der Waals surface area (Å²) in [5.41, 5.74) is 3.11. The van der Waals surface area contributed by atoms with Crippen LogP contribution in [-0.2, 0) is 4.74 Å². The van der Waals surface area contributed by atoms with Crippen LogP contribution in [0.1, 0.15) is 19.8 Å². The highest BCUT2D eigenvalue weighted by Gasteiger charge is 2.25. The van der Waals surface area contributed by atoms with Crippen molar-refractivity contribution >= 4 is 22.6 Å². The number of methoxy groups -OCH3 is 1. The molecule has 0 aromatic heterocycles. The van der Waals surface area contributed by atoms with E-state index in [2.05, 4.69) is 52.6 Å². The molecule has 0 bridgehead atoms. The zero-order valence-electron chi connectivity index (χ0n) is 11.3. The van der Waals surface area contributed by atoms with E-state index in [0.29, 0.717) is 5.92 Å². The molecule has 0 aromatic carbocycles. The standard InChI is InChI=1S/C15H22INO/c1-12-3-4-14(16)5-6-15(12)13-7-8-17(11-13)9-10-18-2/h4-6,13H,3,7-11H2,1-2H3/t13-/m0/s1. The van der Waals surface area contributed by atoms with Crippen molar-refractivity contribution in [2.45, 2.75) is 19.8 Å². The Morgan fingerprint density at radius 3 is 3.06 bits per heavy atom. The molecule has 1 atom stereocenters. The van der Waals surface area contributed by atoms with Gasteiger partial charge in [-0.05, 0) is 66.5 Å². The molecule has 3 heteroatoms. The quantitative estimate of drug-likeness (QED) is 0.712. The molecule has 0 radical (unpaired) electrons. The monoisotopic (exact) mass is 359 g/mol. The fourth-order valence-electron chi connectivity index (χ4n) is 2.74. The molecule has 0 amide bonds. The molecule has 1 heterocycles. The Bertz CT molecular complexity index is 384. The number of nitrogens with zero attached hydrogens (tertiary/aromatic N) is 1. The van der Waals surface area contributed by atoms with E-state index in [9.17, 15) is 0 Å². The maximum atomic E-state index is 5.16. The number of hydrogen-bond acceptors (Lipinski definition) is 2. The summed E-state index contributed by atoms with van der Waals surface area (Å²) in [5, 5.41) is 0. The number of halogens is 1. The zero-order chi connectivity index (χ0) is 13.0. The maximum absolute atomic E-state index is 5.16. The zero-order valence-corrected chi connectivity index (χ0v) is 13.4. The van der Waals surface area contributed by atoms with E-state index in [4.69, 9.17) is 4.74 Å². The van der Waals surface area contributed by atoms with E-state index >= 15 is 0 Å². The molecule has 1 saturated heterocycles. The van der Waals surface area contributed by atoms with Gasteiger partial charge in [0.05, 0.1) is 6.61 Å². The average Bonchev–Trinajstić information content (AvgIpc) is 2.76. The molecule has 1 fully saturated rings. The van der Waals surface area contributed by atoms with Crippen LogP contribution < -0.4 is 0 Å². The third-order valence-electron chi connectivity index (χ3n) is 3.84. The highest BCUT2D eigenvalue weighted by molar-refractivity contribution is 14.1. The van der Waals surface area contributed by atoms with Crippen molar-refractivity contribution in [3.63, 3.8) is 0 Å². The molecule has 2 nitrogen and oxygen atoms in total. The van der Waals surface area contributed by atoms with Crippen molar-refractivity contribution in [1.82, 2.24) is 4.90 Å². The van der Waals surface area contributed by atoms with Crippen molar-refractivity contribution in [2.75, 3.05) is 33.4 Å². The topological polar surface area (TPSA) is 12.5 Å².